The number of hydrogen-bond donors (Lipinski definition) is 1. The van der Waals surface area contributed by atoms with Crippen LogP contribution in [0.3, 0.4) is 0 Å². The molecule has 2 heterocycles. The van der Waals surface area contributed by atoms with Crippen LogP contribution in [-0.4, -0.2) is 22.6 Å². The molecule has 2 N–H and O–H groups in total. The van der Waals surface area contributed by atoms with Crippen LogP contribution in [0.4, 0.5) is 0 Å². The summed E-state index contributed by atoms with van der Waals surface area (Å²) in [6, 6.07) is 6.92. The standard InChI is InChI=1S/C19H22N4O/c1-18(2)8-14-4-3-13(15-9-21-12-22-10-15)7-16(14)19(11-18)5-6-24-17(20)23-19/h3-4,7,9-10,12H,5-6,8,11H2,1-2H3,(H2,20,23). The molecule has 0 saturated carbocycles. The van der Waals surface area contributed by atoms with Gasteiger partial charge in [0.1, 0.15) is 6.33 Å². The number of hydrogen-bond acceptors (Lipinski definition) is 5. The summed E-state index contributed by atoms with van der Waals surface area (Å²) in [5, 5.41) is 0. The number of fused-ring (bicyclic) bond motifs is 2. The minimum Gasteiger partial charge on any atom is -0.465 e. The van der Waals surface area contributed by atoms with Gasteiger partial charge in [0.2, 0.25) is 0 Å². The fraction of sp³-hybridized carbons (Fsp3) is 0.421. The Labute approximate surface area is 142 Å². The van der Waals surface area contributed by atoms with Crippen molar-refractivity contribution in [3.05, 3.63) is 48.0 Å². The van der Waals surface area contributed by atoms with E-state index in [9.17, 15) is 0 Å². The second-order valence-corrected chi connectivity index (χ2v) is 7.60. The van der Waals surface area contributed by atoms with Gasteiger partial charge in [-0.2, -0.15) is 0 Å². The molecule has 0 fully saturated rings. The monoisotopic (exact) mass is 322 g/mol. The van der Waals surface area contributed by atoms with Gasteiger partial charge in [-0.3, -0.25) is 0 Å². The third kappa shape index (κ3) is 2.54. The number of nitrogens with zero attached hydrogens (tertiary/aromatic N) is 3. The Hall–Kier alpha value is -2.43. The smallest absolute Gasteiger partial charge is 0.282 e. The molecular weight excluding hydrogens is 300 g/mol. The van der Waals surface area contributed by atoms with Crippen molar-refractivity contribution in [3.63, 3.8) is 0 Å². The third-order valence-corrected chi connectivity index (χ3v) is 5.03. The summed E-state index contributed by atoms with van der Waals surface area (Å²) in [5.74, 6) is 0. The van der Waals surface area contributed by atoms with E-state index in [2.05, 4.69) is 42.0 Å². The molecule has 0 radical (unpaired) electrons. The molecule has 24 heavy (non-hydrogen) atoms. The largest absolute Gasteiger partial charge is 0.465 e. The van der Waals surface area contributed by atoms with Crippen LogP contribution < -0.4 is 5.73 Å². The lowest BCUT2D eigenvalue weighted by Gasteiger charge is -2.45. The first-order valence-electron chi connectivity index (χ1n) is 8.34. The number of amidine groups is 1. The van der Waals surface area contributed by atoms with Crippen LogP contribution in [0.15, 0.2) is 41.9 Å². The Balaban J connectivity index is 1.89. The predicted molar refractivity (Wildman–Crippen MR) is 93.4 cm³/mol. The van der Waals surface area contributed by atoms with Crippen LogP contribution in [-0.2, 0) is 16.7 Å². The van der Waals surface area contributed by atoms with Gasteiger partial charge in [-0.1, -0.05) is 26.0 Å². The molecule has 2 aliphatic rings. The number of benzene rings is 1. The summed E-state index contributed by atoms with van der Waals surface area (Å²) in [5.41, 5.74) is 10.6. The molecule has 1 aliphatic heterocycles. The zero-order chi connectivity index (χ0) is 16.8. The van der Waals surface area contributed by atoms with Crippen LogP contribution in [0.2, 0.25) is 0 Å². The number of ether oxygens (including phenoxy) is 1. The fourth-order valence-corrected chi connectivity index (χ4v) is 4.20. The Bertz CT molecular complexity index is 800. The van der Waals surface area contributed by atoms with Gasteiger partial charge < -0.3 is 10.5 Å². The molecule has 1 aromatic heterocycles. The second kappa shape index (κ2) is 5.30. The zero-order valence-corrected chi connectivity index (χ0v) is 14.1. The molecule has 0 saturated heterocycles. The lowest BCUT2D eigenvalue weighted by molar-refractivity contribution is 0.142. The second-order valence-electron chi connectivity index (χ2n) is 7.60. The maximum atomic E-state index is 5.94. The number of aliphatic imine (C=N–C) groups is 1. The maximum absolute atomic E-state index is 5.94. The molecule has 4 rings (SSSR count). The molecular formula is C19H22N4O. The highest BCUT2D eigenvalue weighted by Gasteiger charge is 2.45. The van der Waals surface area contributed by atoms with Crippen molar-refractivity contribution >= 4 is 6.02 Å². The van der Waals surface area contributed by atoms with E-state index in [1.54, 1.807) is 6.33 Å². The Morgan fingerprint density at radius 2 is 1.92 bits per heavy atom. The number of rotatable bonds is 1. The molecule has 0 amide bonds. The van der Waals surface area contributed by atoms with Crippen LogP contribution in [0.5, 0.6) is 0 Å². The molecule has 1 unspecified atom stereocenters. The molecule has 5 nitrogen and oxygen atoms in total. The lowest BCUT2D eigenvalue weighted by Crippen LogP contribution is -2.43. The van der Waals surface area contributed by atoms with E-state index >= 15 is 0 Å². The van der Waals surface area contributed by atoms with Crippen molar-refractivity contribution in [1.29, 1.82) is 0 Å². The third-order valence-electron chi connectivity index (χ3n) is 5.03. The predicted octanol–water partition coefficient (Wildman–Crippen LogP) is 3.05. The van der Waals surface area contributed by atoms with E-state index < -0.39 is 0 Å². The van der Waals surface area contributed by atoms with Gasteiger partial charge in [-0.05, 0) is 41.0 Å². The Morgan fingerprint density at radius 3 is 2.67 bits per heavy atom. The van der Waals surface area contributed by atoms with Crippen molar-refractivity contribution in [1.82, 2.24) is 9.97 Å². The van der Waals surface area contributed by atoms with Crippen LogP contribution in [0.25, 0.3) is 11.1 Å². The molecule has 5 heteroatoms. The number of nitrogens with two attached hydrogens (primary N) is 1. The van der Waals surface area contributed by atoms with Crippen LogP contribution in [0, 0.1) is 5.41 Å². The molecule has 1 aromatic carbocycles. The minimum atomic E-state index is -0.287. The summed E-state index contributed by atoms with van der Waals surface area (Å²) >= 11 is 0. The van der Waals surface area contributed by atoms with E-state index in [0.717, 1.165) is 30.4 Å². The van der Waals surface area contributed by atoms with Gasteiger partial charge in [0.05, 0.1) is 12.1 Å². The molecule has 1 spiro atoms. The highest BCUT2D eigenvalue weighted by Crippen LogP contribution is 2.50. The van der Waals surface area contributed by atoms with Crippen molar-refractivity contribution in [3.8, 4) is 11.1 Å². The van der Waals surface area contributed by atoms with E-state index in [-0.39, 0.29) is 11.0 Å². The lowest BCUT2D eigenvalue weighted by atomic mass is 9.64. The molecule has 1 aliphatic carbocycles. The van der Waals surface area contributed by atoms with Gasteiger partial charge in [-0.25, -0.2) is 15.0 Å². The maximum Gasteiger partial charge on any atom is 0.282 e. The van der Waals surface area contributed by atoms with Crippen LogP contribution in [0.1, 0.15) is 37.8 Å². The van der Waals surface area contributed by atoms with E-state index in [1.807, 2.05) is 12.4 Å². The summed E-state index contributed by atoms with van der Waals surface area (Å²) in [7, 11) is 0. The van der Waals surface area contributed by atoms with Gasteiger partial charge >= 0.3 is 0 Å². The van der Waals surface area contributed by atoms with E-state index in [0.29, 0.717) is 12.6 Å². The average Bonchev–Trinajstić information content (AvgIpc) is 2.54. The topological polar surface area (TPSA) is 73.4 Å². The molecule has 0 bridgehead atoms. The molecule has 2 aromatic rings. The van der Waals surface area contributed by atoms with Crippen molar-refractivity contribution in [2.24, 2.45) is 16.1 Å². The average molecular weight is 322 g/mol. The summed E-state index contributed by atoms with van der Waals surface area (Å²) < 4.78 is 5.41. The van der Waals surface area contributed by atoms with Crippen molar-refractivity contribution in [2.75, 3.05) is 6.61 Å². The Kier molecular flexibility index (Phi) is 3.34. The Morgan fingerprint density at radius 1 is 1.12 bits per heavy atom. The molecule has 1 atom stereocenters. The SMILES string of the molecule is CC1(C)Cc2ccc(-c3cncnc3)cc2C2(CCOC(N)=N2)C1. The van der Waals surface area contributed by atoms with Crippen LogP contribution >= 0.6 is 0 Å². The zero-order valence-electron chi connectivity index (χ0n) is 14.1. The fourth-order valence-electron chi connectivity index (χ4n) is 4.20. The van der Waals surface area contributed by atoms with Gasteiger partial charge in [0, 0.05) is 24.4 Å². The molecule has 124 valence electrons. The van der Waals surface area contributed by atoms with Gasteiger partial charge in [0.25, 0.3) is 6.02 Å². The van der Waals surface area contributed by atoms with Crippen molar-refractivity contribution in [2.45, 2.75) is 38.6 Å². The normalized spacial score (nSPS) is 24.8. The first kappa shape index (κ1) is 15.1. The van der Waals surface area contributed by atoms with Crippen molar-refractivity contribution < 1.29 is 4.74 Å². The van der Waals surface area contributed by atoms with Gasteiger partial charge in [-0.15, -0.1) is 0 Å². The quantitative estimate of drug-likeness (QED) is 0.876. The summed E-state index contributed by atoms with van der Waals surface area (Å²) in [6.45, 7) is 5.22. The van der Waals surface area contributed by atoms with Gasteiger partial charge in [0.15, 0.2) is 0 Å². The highest BCUT2D eigenvalue weighted by atomic mass is 16.5. The van der Waals surface area contributed by atoms with E-state index in [4.69, 9.17) is 15.5 Å². The van der Waals surface area contributed by atoms with E-state index in [1.165, 1.54) is 11.1 Å². The number of aromatic nitrogens is 2. The highest BCUT2D eigenvalue weighted by molar-refractivity contribution is 5.73. The first-order chi connectivity index (χ1) is 11.5. The summed E-state index contributed by atoms with van der Waals surface area (Å²) in [6.07, 6.45) is 8.12. The summed E-state index contributed by atoms with van der Waals surface area (Å²) in [4.78, 5) is 13.1. The first-order valence-corrected chi connectivity index (χ1v) is 8.34. The minimum absolute atomic E-state index is 0.186.